The minimum Gasteiger partial charge on any atom is -0.497 e. The summed E-state index contributed by atoms with van der Waals surface area (Å²) < 4.78 is 42.4. The van der Waals surface area contributed by atoms with E-state index in [2.05, 4.69) is 47.8 Å². The third kappa shape index (κ3) is 4.20. The van der Waals surface area contributed by atoms with Crippen LogP contribution in [0.1, 0.15) is 0 Å². The molecule has 5 nitrogen and oxygen atoms in total. The van der Waals surface area contributed by atoms with Crippen molar-refractivity contribution in [1.29, 1.82) is 0 Å². The molecule has 124 valence electrons. The van der Waals surface area contributed by atoms with Crippen molar-refractivity contribution in [3.63, 3.8) is 0 Å². The quantitative estimate of drug-likeness (QED) is 0.522. The van der Waals surface area contributed by atoms with E-state index >= 15 is 0 Å². The maximum Gasteiger partial charge on any atom is 0.343 e. The average Bonchev–Trinajstić information content (AvgIpc) is 2.50. The highest BCUT2D eigenvalue weighted by atomic mass is 79.9. The Hall–Kier alpha value is -0.770. The van der Waals surface area contributed by atoms with E-state index in [4.69, 9.17) is 13.7 Å². The SMILES string of the molecule is COc1ccc(OC)c(S(=O)(=O)Oc2c(Br)cc(Br)cc2Br)c1. The van der Waals surface area contributed by atoms with Crippen LogP contribution in [0, 0.1) is 0 Å². The van der Waals surface area contributed by atoms with Gasteiger partial charge in [0.15, 0.2) is 10.6 Å². The highest BCUT2D eigenvalue weighted by Crippen LogP contribution is 2.39. The van der Waals surface area contributed by atoms with Gasteiger partial charge >= 0.3 is 10.1 Å². The van der Waals surface area contributed by atoms with E-state index in [1.54, 1.807) is 18.2 Å². The lowest BCUT2D eigenvalue weighted by molar-refractivity contribution is 0.388. The summed E-state index contributed by atoms with van der Waals surface area (Å²) in [7, 11) is -1.30. The molecule has 0 unspecified atom stereocenters. The molecule has 0 saturated carbocycles. The predicted molar refractivity (Wildman–Crippen MR) is 96.9 cm³/mol. The molecule has 23 heavy (non-hydrogen) atoms. The van der Waals surface area contributed by atoms with E-state index in [1.807, 2.05) is 0 Å². The molecule has 0 radical (unpaired) electrons. The molecular weight excluding hydrogens is 520 g/mol. The van der Waals surface area contributed by atoms with Gasteiger partial charge in [-0.05, 0) is 56.1 Å². The first-order valence-corrected chi connectivity index (χ1v) is 9.88. The third-order valence-corrected chi connectivity index (χ3v) is 5.68. The van der Waals surface area contributed by atoms with Crippen LogP contribution in [-0.2, 0) is 10.1 Å². The second-order valence-electron chi connectivity index (χ2n) is 4.25. The van der Waals surface area contributed by atoms with Gasteiger partial charge in [0.1, 0.15) is 11.5 Å². The first kappa shape index (κ1) is 18.6. The summed E-state index contributed by atoms with van der Waals surface area (Å²) in [5.74, 6) is 0.676. The summed E-state index contributed by atoms with van der Waals surface area (Å²) in [4.78, 5) is -0.124. The summed E-state index contributed by atoms with van der Waals surface area (Å²) in [5.41, 5.74) is 0. The lowest BCUT2D eigenvalue weighted by Gasteiger charge is -2.14. The maximum atomic E-state index is 12.6. The van der Waals surface area contributed by atoms with Gasteiger partial charge in [-0.25, -0.2) is 0 Å². The molecule has 0 spiro atoms. The van der Waals surface area contributed by atoms with Crippen LogP contribution >= 0.6 is 47.8 Å². The van der Waals surface area contributed by atoms with Gasteiger partial charge in [0, 0.05) is 10.5 Å². The first-order valence-electron chi connectivity index (χ1n) is 6.09. The number of hydrogen-bond donors (Lipinski definition) is 0. The fourth-order valence-corrected chi connectivity index (χ4v) is 5.52. The van der Waals surface area contributed by atoms with Crippen molar-refractivity contribution in [2.45, 2.75) is 4.90 Å². The van der Waals surface area contributed by atoms with Crippen molar-refractivity contribution in [1.82, 2.24) is 0 Å². The smallest absolute Gasteiger partial charge is 0.343 e. The number of ether oxygens (including phenoxy) is 2. The van der Waals surface area contributed by atoms with Crippen molar-refractivity contribution in [3.8, 4) is 17.2 Å². The highest BCUT2D eigenvalue weighted by Gasteiger charge is 2.25. The molecule has 0 heterocycles. The van der Waals surface area contributed by atoms with E-state index in [-0.39, 0.29) is 16.4 Å². The van der Waals surface area contributed by atoms with E-state index in [0.29, 0.717) is 14.7 Å². The zero-order chi connectivity index (χ0) is 17.2. The topological polar surface area (TPSA) is 61.8 Å². The largest absolute Gasteiger partial charge is 0.497 e. The Bertz CT molecular complexity index is 813. The van der Waals surface area contributed by atoms with Crippen molar-refractivity contribution >= 4 is 57.9 Å². The number of halogens is 3. The van der Waals surface area contributed by atoms with E-state index in [0.717, 1.165) is 4.47 Å². The molecule has 0 aromatic heterocycles. The van der Waals surface area contributed by atoms with Gasteiger partial charge in [-0.15, -0.1) is 0 Å². The van der Waals surface area contributed by atoms with Crippen molar-refractivity contribution < 1.29 is 22.1 Å². The third-order valence-electron chi connectivity index (χ3n) is 2.80. The van der Waals surface area contributed by atoms with Crippen molar-refractivity contribution in [2.24, 2.45) is 0 Å². The molecule has 0 N–H and O–H groups in total. The maximum absolute atomic E-state index is 12.6. The molecule has 0 bridgehead atoms. The summed E-state index contributed by atoms with van der Waals surface area (Å²) in [6.07, 6.45) is 0. The molecule has 2 rings (SSSR count). The van der Waals surface area contributed by atoms with E-state index in [1.165, 1.54) is 26.4 Å². The second-order valence-corrected chi connectivity index (χ2v) is 8.39. The molecule has 2 aromatic carbocycles. The summed E-state index contributed by atoms with van der Waals surface area (Å²) >= 11 is 9.87. The van der Waals surface area contributed by atoms with Crippen LogP contribution in [0.4, 0.5) is 0 Å². The van der Waals surface area contributed by atoms with Crippen LogP contribution in [-0.4, -0.2) is 22.6 Å². The number of hydrogen-bond acceptors (Lipinski definition) is 5. The lowest BCUT2D eigenvalue weighted by atomic mass is 10.3. The van der Waals surface area contributed by atoms with Crippen LogP contribution in [0.5, 0.6) is 17.2 Å². The molecule has 2 aromatic rings. The molecule has 0 aliphatic carbocycles. The van der Waals surface area contributed by atoms with Gasteiger partial charge in [0.25, 0.3) is 0 Å². The van der Waals surface area contributed by atoms with E-state index < -0.39 is 10.1 Å². The number of rotatable bonds is 5. The monoisotopic (exact) mass is 528 g/mol. The van der Waals surface area contributed by atoms with Gasteiger partial charge in [-0.1, -0.05) is 15.9 Å². The highest BCUT2D eigenvalue weighted by molar-refractivity contribution is 9.11. The minimum atomic E-state index is -4.13. The summed E-state index contributed by atoms with van der Waals surface area (Å²) in [6.45, 7) is 0. The molecule has 0 aliphatic rings. The molecule has 0 fully saturated rings. The fourth-order valence-electron chi connectivity index (χ4n) is 1.74. The lowest BCUT2D eigenvalue weighted by Crippen LogP contribution is -2.12. The average molecular weight is 531 g/mol. The van der Waals surface area contributed by atoms with Crippen LogP contribution in [0.15, 0.2) is 48.6 Å². The minimum absolute atomic E-state index is 0.124. The van der Waals surface area contributed by atoms with Gasteiger partial charge in [0.05, 0.1) is 23.2 Å². The van der Waals surface area contributed by atoms with Gasteiger partial charge < -0.3 is 13.7 Å². The Balaban J connectivity index is 2.52. The Labute approximate surface area is 159 Å². The molecular formula is C14H11Br3O5S. The van der Waals surface area contributed by atoms with Crippen LogP contribution in [0.25, 0.3) is 0 Å². The van der Waals surface area contributed by atoms with Gasteiger partial charge in [-0.3, -0.25) is 0 Å². The molecule has 0 amide bonds. The Morgan fingerprint density at radius 3 is 2.04 bits per heavy atom. The zero-order valence-corrected chi connectivity index (χ0v) is 17.5. The zero-order valence-electron chi connectivity index (χ0n) is 12.0. The van der Waals surface area contributed by atoms with Crippen molar-refractivity contribution in [3.05, 3.63) is 43.7 Å². The second kappa shape index (κ2) is 7.42. The fraction of sp³-hybridized carbons (Fsp3) is 0.143. The molecule has 0 atom stereocenters. The first-order chi connectivity index (χ1) is 10.8. The predicted octanol–water partition coefficient (Wildman–Crippen LogP) is 4.76. The standard InChI is InChI=1S/C14H11Br3O5S/c1-20-9-3-4-12(21-2)13(7-9)23(18,19)22-14-10(16)5-8(15)6-11(14)17/h3-7H,1-2H3. The summed E-state index contributed by atoms with van der Waals surface area (Å²) in [6, 6.07) is 7.80. The normalized spacial score (nSPS) is 11.2. The summed E-state index contributed by atoms with van der Waals surface area (Å²) in [5, 5.41) is 0. The van der Waals surface area contributed by atoms with Crippen LogP contribution in [0.2, 0.25) is 0 Å². The van der Waals surface area contributed by atoms with Crippen molar-refractivity contribution in [2.75, 3.05) is 14.2 Å². The Morgan fingerprint density at radius 2 is 1.52 bits per heavy atom. The number of methoxy groups -OCH3 is 2. The molecule has 0 saturated heterocycles. The van der Waals surface area contributed by atoms with Crippen LogP contribution < -0.4 is 13.7 Å². The molecule has 9 heteroatoms. The van der Waals surface area contributed by atoms with Gasteiger partial charge in [0.2, 0.25) is 0 Å². The number of benzene rings is 2. The van der Waals surface area contributed by atoms with Gasteiger partial charge in [-0.2, -0.15) is 8.42 Å². The molecule has 0 aliphatic heterocycles. The Morgan fingerprint density at radius 1 is 0.913 bits per heavy atom. The van der Waals surface area contributed by atoms with E-state index in [9.17, 15) is 8.42 Å². The van der Waals surface area contributed by atoms with Crippen LogP contribution in [0.3, 0.4) is 0 Å². The Kier molecular flexibility index (Phi) is 5.99.